The average molecular weight is 433 g/mol. The summed E-state index contributed by atoms with van der Waals surface area (Å²) in [5.74, 6) is 1.93. The van der Waals surface area contributed by atoms with Crippen LogP contribution in [0.1, 0.15) is 23.1 Å². The monoisotopic (exact) mass is 433 g/mol. The molecule has 32 heavy (non-hydrogen) atoms. The predicted octanol–water partition coefficient (Wildman–Crippen LogP) is 4.81. The molecule has 0 aliphatic rings. The minimum absolute atomic E-state index is 0.298. The van der Waals surface area contributed by atoms with E-state index in [1.165, 1.54) is 12.1 Å². The zero-order chi connectivity index (χ0) is 22.3. The number of nitrogens with zero attached hydrogens (tertiary/aromatic N) is 2. The maximum absolute atomic E-state index is 13.5. The lowest BCUT2D eigenvalue weighted by molar-refractivity contribution is 0.354. The van der Waals surface area contributed by atoms with Gasteiger partial charge in [0.05, 0.1) is 14.2 Å². The first-order valence-electron chi connectivity index (χ1n) is 10.3. The summed E-state index contributed by atoms with van der Waals surface area (Å²) in [5, 5.41) is 11.9. The third-order valence-corrected chi connectivity index (χ3v) is 5.12. The predicted molar refractivity (Wildman–Crippen MR) is 119 cm³/mol. The van der Waals surface area contributed by atoms with E-state index in [2.05, 4.69) is 15.5 Å². The molecule has 1 aromatic heterocycles. The average Bonchev–Trinajstić information content (AvgIpc) is 3.33. The maximum atomic E-state index is 13.5. The summed E-state index contributed by atoms with van der Waals surface area (Å²) in [6.45, 7) is 0.626. The molecule has 3 aromatic carbocycles. The smallest absolute Gasteiger partial charge is 0.247 e. The Hall–Kier alpha value is -3.71. The van der Waals surface area contributed by atoms with Crippen LogP contribution in [0.5, 0.6) is 11.5 Å². The molecule has 0 aliphatic heterocycles. The van der Waals surface area contributed by atoms with E-state index in [-0.39, 0.29) is 11.9 Å². The fourth-order valence-electron chi connectivity index (χ4n) is 3.45. The minimum Gasteiger partial charge on any atom is -0.493 e. The van der Waals surface area contributed by atoms with Crippen molar-refractivity contribution in [2.75, 3.05) is 20.8 Å². The number of hydrogen-bond acceptors (Lipinski definition) is 6. The highest BCUT2D eigenvalue weighted by atomic mass is 19.1. The lowest BCUT2D eigenvalue weighted by Crippen LogP contribution is -2.25. The van der Waals surface area contributed by atoms with Gasteiger partial charge < -0.3 is 19.2 Å². The zero-order valence-electron chi connectivity index (χ0n) is 17.9. The fraction of sp³-hybridized carbons (Fsp3) is 0.200. The molecule has 7 heteroatoms. The molecule has 0 spiro atoms. The van der Waals surface area contributed by atoms with E-state index in [1.807, 2.05) is 48.5 Å². The van der Waals surface area contributed by atoms with Crippen LogP contribution < -0.4 is 14.8 Å². The molecular formula is C25H24FN3O3. The molecule has 1 N–H and O–H groups in total. The molecule has 1 heterocycles. The molecule has 1 atom stereocenters. The largest absolute Gasteiger partial charge is 0.493 e. The molecule has 0 saturated heterocycles. The molecule has 0 bridgehead atoms. The van der Waals surface area contributed by atoms with Crippen molar-refractivity contribution < 1.29 is 18.3 Å². The number of ether oxygens (including phenoxy) is 2. The Balaban J connectivity index is 1.53. The highest BCUT2D eigenvalue weighted by Gasteiger charge is 2.21. The maximum Gasteiger partial charge on any atom is 0.247 e. The summed E-state index contributed by atoms with van der Waals surface area (Å²) in [6.07, 6.45) is 0.734. The van der Waals surface area contributed by atoms with Crippen molar-refractivity contribution in [1.29, 1.82) is 0 Å². The van der Waals surface area contributed by atoms with Gasteiger partial charge in [-0.1, -0.05) is 36.4 Å². The van der Waals surface area contributed by atoms with Gasteiger partial charge in [-0.3, -0.25) is 0 Å². The summed E-state index contributed by atoms with van der Waals surface area (Å²) >= 11 is 0. The van der Waals surface area contributed by atoms with Crippen molar-refractivity contribution >= 4 is 0 Å². The second-order valence-corrected chi connectivity index (χ2v) is 7.19. The topological polar surface area (TPSA) is 69.4 Å². The minimum atomic E-state index is -0.374. The van der Waals surface area contributed by atoms with Crippen molar-refractivity contribution in [3.8, 4) is 23.0 Å². The normalized spacial score (nSPS) is 11.8. The number of benzene rings is 3. The van der Waals surface area contributed by atoms with Crippen LogP contribution in [-0.4, -0.2) is 31.0 Å². The Morgan fingerprint density at radius 3 is 2.38 bits per heavy atom. The van der Waals surface area contributed by atoms with Crippen LogP contribution in [0.4, 0.5) is 4.39 Å². The van der Waals surface area contributed by atoms with E-state index in [0.717, 1.165) is 23.1 Å². The van der Waals surface area contributed by atoms with E-state index in [1.54, 1.807) is 26.4 Å². The van der Waals surface area contributed by atoms with Crippen molar-refractivity contribution in [3.63, 3.8) is 0 Å². The Morgan fingerprint density at radius 1 is 0.906 bits per heavy atom. The van der Waals surface area contributed by atoms with Crippen molar-refractivity contribution in [3.05, 3.63) is 95.6 Å². The Kier molecular flexibility index (Phi) is 6.77. The fourth-order valence-corrected chi connectivity index (χ4v) is 3.45. The van der Waals surface area contributed by atoms with Crippen LogP contribution in [0.2, 0.25) is 0 Å². The number of nitrogens with one attached hydrogen (secondary N) is 1. The van der Waals surface area contributed by atoms with Crippen LogP contribution >= 0.6 is 0 Å². The lowest BCUT2D eigenvalue weighted by Gasteiger charge is -2.16. The molecule has 164 valence electrons. The summed E-state index contributed by atoms with van der Waals surface area (Å²) in [5.41, 5.74) is 2.76. The van der Waals surface area contributed by atoms with Crippen molar-refractivity contribution in [2.45, 2.75) is 12.5 Å². The van der Waals surface area contributed by atoms with Gasteiger partial charge in [0.1, 0.15) is 11.9 Å². The van der Waals surface area contributed by atoms with Crippen LogP contribution in [0.25, 0.3) is 11.5 Å². The highest BCUT2D eigenvalue weighted by molar-refractivity contribution is 5.52. The second kappa shape index (κ2) is 10.1. The molecule has 4 aromatic rings. The Morgan fingerprint density at radius 2 is 1.66 bits per heavy atom. The first-order chi connectivity index (χ1) is 15.7. The Bertz CT molecular complexity index is 1150. The summed E-state index contributed by atoms with van der Waals surface area (Å²) in [6, 6.07) is 21.3. The van der Waals surface area contributed by atoms with E-state index >= 15 is 0 Å². The zero-order valence-corrected chi connectivity index (χ0v) is 17.9. The van der Waals surface area contributed by atoms with Gasteiger partial charge in [0.25, 0.3) is 0 Å². The van der Waals surface area contributed by atoms with Crippen molar-refractivity contribution in [1.82, 2.24) is 15.5 Å². The van der Waals surface area contributed by atoms with Crippen molar-refractivity contribution in [2.24, 2.45) is 0 Å². The van der Waals surface area contributed by atoms with Crippen LogP contribution in [0.3, 0.4) is 0 Å². The van der Waals surface area contributed by atoms with Gasteiger partial charge >= 0.3 is 0 Å². The number of methoxy groups -OCH3 is 2. The van der Waals surface area contributed by atoms with E-state index in [0.29, 0.717) is 29.8 Å². The Labute approximate surface area is 186 Å². The lowest BCUT2D eigenvalue weighted by atomic mass is 10.1. The van der Waals surface area contributed by atoms with Gasteiger partial charge in [-0.2, -0.15) is 0 Å². The van der Waals surface area contributed by atoms with Gasteiger partial charge in [0, 0.05) is 12.1 Å². The molecule has 0 amide bonds. The van der Waals surface area contributed by atoms with E-state index < -0.39 is 0 Å². The van der Waals surface area contributed by atoms with Crippen LogP contribution in [0.15, 0.2) is 77.2 Å². The molecule has 0 radical (unpaired) electrons. The number of hydrogen-bond donors (Lipinski definition) is 1. The van der Waals surface area contributed by atoms with Gasteiger partial charge in [0.15, 0.2) is 11.5 Å². The van der Waals surface area contributed by atoms with E-state index in [4.69, 9.17) is 13.9 Å². The van der Waals surface area contributed by atoms with Crippen LogP contribution in [-0.2, 0) is 6.42 Å². The molecule has 4 rings (SSSR count). The molecular weight excluding hydrogens is 409 g/mol. The molecule has 0 fully saturated rings. The SMILES string of the molecule is COc1ccc(CCN[C@@H](c2ccc(F)cc2)c2nnc(-c3ccccc3)o2)cc1OC. The van der Waals surface area contributed by atoms with Gasteiger partial charge in [-0.15, -0.1) is 10.2 Å². The molecule has 0 saturated carbocycles. The van der Waals surface area contributed by atoms with Gasteiger partial charge in [0.2, 0.25) is 11.8 Å². The number of halogens is 1. The van der Waals surface area contributed by atoms with E-state index in [9.17, 15) is 4.39 Å². The molecule has 6 nitrogen and oxygen atoms in total. The second-order valence-electron chi connectivity index (χ2n) is 7.19. The first-order valence-corrected chi connectivity index (χ1v) is 10.3. The quantitative estimate of drug-likeness (QED) is 0.408. The first kappa shape index (κ1) is 21.5. The standard InChI is InChI=1S/C25H24FN3O3/c1-30-21-13-8-17(16-22(21)31-2)14-15-27-23(18-9-11-20(26)12-10-18)25-29-28-24(32-25)19-6-4-3-5-7-19/h3-13,16,23,27H,14-15H2,1-2H3/t23-/m0/s1. The van der Waals surface area contributed by atoms with Gasteiger partial charge in [-0.25, -0.2) is 4.39 Å². The third-order valence-electron chi connectivity index (χ3n) is 5.12. The van der Waals surface area contributed by atoms with Crippen LogP contribution in [0, 0.1) is 5.82 Å². The molecule has 0 aliphatic carbocycles. The third kappa shape index (κ3) is 4.95. The van der Waals surface area contributed by atoms with Gasteiger partial charge in [-0.05, 0) is 53.9 Å². The molecule has 0 unspecified atom stereocenters. The number of aromatic nitrogens is 2. The summed E-state index contributed by atoms with van der Waals surface area (Å²) < 4.78 is 30.1. The summed E-state index contributed by atoms with van der Waals surface area (Å²) in [4.78, 5) is 0. The highest BCUT2D eigenvalue weighted by Crippen LogP contribution is 2.28. The summed E-state index contributed by atoms with van der Waals surface area (Å²) in [7, 11) is 3.23. The number of rotatable bonds is 9.